The number of rotatable bonds is 2. The molecule has 4 heteroatoms. The van der Waals surface area contributed by atoms with Gasteiger partial charge in [0, 0.05) is 12.4 Å². The van der Waals surface area contributed by atoms with Crippen molar-refractivity contribution in [1.29, 1.82) is 0 Å². The monoisotopic (exact) mass is 148 g/mol. The average Bonchev–Trinajstić information content (AvgIpc) is 2.09. The van der Waals surface area contributed by atoms with Crippen LogP contribution in [0.5, 0.6) is 0 Å². The van der Waals surface area contributed by atoms with Gasteiger partial charge in [0.05, 0.1) is 0 Å². The molecule has 3 N–H and O–H groups in total. The number of hydrogen-bond acceptors (Lipinski definition) is 4. The molecule has 0 aliphatic heterocycles. The molecule has 1 aromatic heterocycles. The Hall–Kier alpha value is -1.44. The second kappa shape index (κ2) is 3.66. The molecule has 0 amide bonds. The lowest BCUT2D eigenvalue weighted by Gasteiger charge is -2.05. The van der Waals surface area contributed by atoms with E-state index in [4.69, 9.17) is 12.3 Å². The summed E-state index contributed by atoms with van der Waals surface area (Å²) in [6, 6.07) is 1.31. The average molecular weight is 148 g/mol. The zero-order valence-electron chi connectivity index (χ0n) is 5.86. The van der Waals surface area contributed by atoms with Crippen molar-refractivity contribution in [2.75, 3.05) is 0 Å². The highest BCUT2D eigenvalue weighted by Gasteiger charge is 2.06. The topological polar surface area (TPSA) is 63.8 Å². The Morgan fingerprint density at radius 3 is 2.64 bits per heavy atom. The molecule has 0 aromatic carbocycles. The third kappa shape index (κ3) is 1.74. The van der Waals surface area contributed by atoms with Crippen LogP contribution in [-0.2, 0) is 0 Å². The van der Waals surface area contributed by atoms with E-state index in [-0.39, 0.29) is 0 Å². The smallest absolute Gasteiger partial charge is 0.158 e. The second-order valence-corrected chi connectivity index (χ2v) is 1.87. The van der Waals surface area contributed by atoms with Crippen LogP contribution in [0.15, 0.2) is 18.5 Å². The fourth-order valence-electron chi connectivity index (χ4n) is 0.657. The van der Waals surface area contributed by atoms with Crippen molar-refractivity contribution in [3.05, 3.63) is 24.3 Å². The summed E-state index contributed by atoms with van der Waals surface area (Å²) in [6.07, 6.45) is 8.37. The van der Waals surface area contributed by atoms with Crippen molar-refractivity contribution in [2.24, 2.45) is 5.84 Å². The Balaban J connectivity index is 2.85. The highest BCUT2D eigenvalue weighted by molar-refractivity contribution is 5.09. The van der Waals surface area contributed by atoms with Crippen molar-refractivity contribution in [3.8, 4) is 12.3 Å². The summed E-state index contributed by atoms with van der Waals surface area (Å²) in [5, 5.41) is 0. The van der Waals surface area contributed by atoms with E-state index in [2.05, 4.69) is 21.3 Å². The first-order valence-corrected chi connectivity index (χ1v) is 3.07. The predicted molar refractivity (Wildman–Crippen MR) is 40.9 cm³/mol. The Morgan fingerprint density at radius 1 is 1.55 bits per heavy atom. The highest BCUT2D eigenvalue weighted by Crippen LogP contribution is 2.01. The van der Waals surface area contributed by atoms with Crippen LogP contribution in [0.3, 0.4) is 0 Å². The molecule has 1 heterocycles. The Bertz CT molecular complexity index is 251. The molecule has 1 aromatic rings. The first kappa shape index (κ1) is 7.66. The van der Waals surface area contributed by atoms with Crippen molar-refractivity contribution < 1.29 is 0 Å². The number of nitrogens with two attached hydrogens (primary N) is 1. The van der Waals surface area contributed by atoms with Crippen LogP contribution < -0.4 is 11.3 Å². The van der Waals surface area contributed by atoms with Crippen LogP contribution >= 0.6 is 0 Å². The largest absolute Gasteiger partial charge is 0.270 e. The minimum Gasteiger partial charge on any atom is -0.270 e. The fraction of sp³-hybridized carbons (Fsp3) is 0.143. The van der Waals surface area contributed by atoms with Crippen LogP contribution in [0.25, 0.3) is 0 Å². The lowest BCUT2D eigenvalue weighted by molar-refractivity contribution is 0.635. The Morgan fingerprint density at radius 2 is 2.18 bits per heavy atom. The van der Waals surface area contributed by atoms with E-state index in [0.717, 1.165) is 0 Å². The second-order valence-electron chi connectivity index (χ2n) is 1.87. The van der Waals surface area contributed by atoms with E-state index in [0.29, 0.717) is 5.82 Å². The molecule has 4 nitrogen and oxygen atoms in total. The molecule has 1 rings (SSSR count). The van der Waals surface area contributed by atoms with Crippen molar-refractivity contribution >= 4 is 0 Å². The first-order chi connectivity index (χ1) is 5.38. The van der Waals surface area contributed by atoms with Crippen LogP contribution in [0, 0.1) is 12.3 Å². The van der Waals surface area contributed by atoms with Gasteiger partial charge in [-0.3, -0.25) is 5.84 Å². The SMILES string of the molecule is C#CC(NN)c1ncccn1. The fourth-order valence-corrected chi connectivity index (χ4v) is 0.657. The molecule has 0 aliphatic rings. The molecule has 0 fully saturated rings. The van der Waals surface area contributed by atoms with Crippen LogP contribution in [0.4, 0.5) is 0 Å². The van der Waals surface area contributed by atoms with E-state index in [9.17, 15) is 0 Å². The van der Waals surface area contributed by atoms with Gasteiger partial charge in [-0.25, -0.2) is 15.4 Å². The number of nitrogens with one attached hydrogen (secondary N) is 1. The number of aromatic nitrogens is 2. The van der Waals surface area contributed by atoms with Gasteiger partial charge < -0.3 is 0 Å². The molecule has 56 valence electrons. The molecule has 0 aliphatic carbocycles. The van der Waals surface area contributed by atoms with Crippen LogP contribution in [0.1, 0.15) is 11.9 Å². The first-order valence-electron chi connectivity index (χ1n) is 3.07. The number of hydrazine groups is 1. The maximum Gasteiger partial charge on any atom is 0.158 e. The molecule has 1 atom stereocenters. The van der Waals surface area contributed by atoms with E-state index in [1.807, 2.05) is 0 Å². The summed E-state index contributed by atoms with van der Waals surface area (Å²) in [5.74, 6) is 8.06. The third-order valence-corrected chi connectivity index (χ3v) is 1.18. The minimum atomic E-state index is -0.406. The normalized spacial score (nSPS) is 12.0. The summed E-state index contributed by atoms with van der Waals surface area (Å²) >= 11 is 0. The van der Waals surface area contributed by atoms with Gasteiger partial charge in [0.2, 0.25) is 0 Å². The minimum absolute atomic E-state index is 0.406. The standard InChI is InChI=1S/C7H8N4/c1-2-6(11-8)7-9-4-3-5-10-7/h1,3-6,11H,8H2. The molecule has 0 spiro atoms. The molecule has 1 unspecified atom stereocenters. The number of terminal acetylenes is 1. The van der Waals surface area contributed by atoms with Gasteiger partial charge >= 0.3 is 0 Å². The summed E-state index contributed by atoms with van der Waals surface area (Å²) in [5.41, 5.74) is 2.41. The predicted octanol–water partition coefficient (Wildman–Crippen LogP) is -0.386. The highest BCUT2D eigenvalue weighted by atomic mass is 15.2. The van der Waals surface area contributed by atoms with E-state index in [1.54, 1.807) is 18.5 Å². The van der Waals surface area contributed by atoms with Gasteiger partial charge in [0.25, 0.3) is 0 Å². The van der Waals surface area contributed by atoms with Gasteiger partial charge in [-0.1, -0.05) is 5.92 Å². The van der Waals surface area contributed by atoms with Gasteiger partial charge in [-0.05, 0) is 6.07 Å². The molecule has 0 saturated carbocycles. The summed E-state index contributed by atoms with van der Waals surface area (Å²) in [6.45, 7) is 0. The number of hydrogen-bond donors (Lipinski definition) is 2. The molecule has 0 saturated heterocycles. The van der Waals surface area contributed by atoms with E-state index >= 15 is 0 Å². The lowest BCUT2D eigenvalue weighted by atomic mass is 10.3. The van der Waals surface area contributed by atoms with E-state index < -0.39 is 6.04 Å². The van der Waals surface area contributed by atoms with Gasteiger partial charge in [-0.2, -0.15) is 0 Å². The van der Waals surface area contributed by atoms with Crippen LogP contribution in [-0.4, -0.2) is 9.97 Å². The van der Waals surface area contributed by atoms with E-state index in [1.165, 1.54) is 0 Å². The Labute approximate surface area is 64.8 Å². The maximum atomic E-state index is 5.14. The molecule has 0 radical (unpaired) electrons. The lowest BCUT2D eigenvalue weighted by Crippen LogP contribution is -2.28. The molecular formula is C7H8N4. The maximum absolute atomic E-state index is 5.14. The molecule has 0 bridgehead atoms. The molecule has 11 heavy (non-hydrogen) atoms. The Kier molecular flexibility index (Phi) is 2.55. The zero-order valence-corrected chi connectivity index (χ0v) is 5.86. The summed E-state index contributed by atoms with van der Waals surface area (Å²) in [4.78, 5) is 7.85. The van der Waals surface area contributed by atoms with Crippen molar-refractivity contribution in [1.82, 2.24) is 15.4 Å². The zero-order chi connectivity index (χ0) is 8.10. The number of nitrogens with zero attached hydrogens (tertiary/aromatic N) is 2. The van der Waals surface area contributed by atoms with Crippen LogP contribution in [0.2, 0.25) is 0 Å². The van der Waals surface area contributed by atoms with Gasteiger partial charge in [0.15, 0.2) is 5.82 Å². The third-order valence-electron chi connectivity index (χ3n) is 1.18. The van der Waals surface area contributed by atoms with Gasteiger partial charge in [0.1, 0.15) is 6.04 Å². The van der Waals surface area contributed by atoms with Gasteiger partial charge in [-0.15, -0.1) is 6.42 Å². The van der Waals surface area contributed by atoms with Crippen molar-refractivity contribution in [2.45, 2.75) is 6.04 Å². The molecular weight excluding hydrogens is 140 g/mol. The summed E-state index contributed by atoms with van der Waals surface area (Å²) < 4.78 is 0. The summed E-state index contributed by atoms with van der Waals surface area (Å²) in [7, 11) is 0. The quantitative estimate of drug-likeness (QED) is 0.341. The van der Waals surface area contributed by atoms with Crippen molar-refractivity contribution in [3.63, 3.8) is 0 Å².